The van der Waals surface area contributed by atoms with E-state index in [-0.39, 0.29) is 17.8 Å². The van der Waals surface area contributed by atoms with Crippen LogP contribution >= 0.6 is 0 Å². The average molecular weight is 539 g/mol. The van der Waals surface area contributed by atoms with Crippen molar-refractivity contribution >= 4 is 11.4 Å². The van der Waals surface area contributed by atoms with Gasteiger partial charge < -0.3 is 10.0 Å². The Morgan fingerprint density at radius 3 is 2.49 bits per heavy atom. The van der Waals surface area contributed by atoms with E-state index in [4.69, 9.17) is 0 Å². The van der Waals surface area contributed by atoms with Gasteiger partial charge in [0, 0.05) is 73.9 Å². The summed E-state index contributed by atoms with van der Waals surface area (Å²) in [5.41, 5.74) is 0.0747. The SMILES string of the molecule is C[C@@H](n1cc(CN2CCN(c3ccc([N+](=O)[O-])cc3)CC2)cn1)[C@](O)(Cn1cncn1)c1ccc(F)cc1F. The number of aliphatic hydroxyl groups is 1. The molecule has 2 atom stereocenters. The van der Waals surface area contributed by atoms with Crippen LogP contribution < -0.4 is 4.90 Å². The van der Waals surface area contributed by atoms with Gasteiger partial charge in [-0.05, 0) is 25.1 Å². The van der Waals surface area contributed by atoms with E-state index in [0.717, 1.165) is 49.6 Å². The fraction of sp³-hybridized carbons (Fsp3) is 0.346. The van der Waals surface area contributed by atoms with Crippen LogP contribution in [-0.4, -0.2) is 65.7 Å². The fourth-order valence-electron chi connectivity index (χ4n) is 4.94. The molecule has 1 aliphatic rings. The van der Waals surface area contributed by atoms with Crippen molar-refractivity contribution in [1.82, 2.24) is 29.4 Å². The predicted molar refractivity (Wildman–Crippen MR) is 138 cm³/mol. The van der Waals surface area contributed by atoms with Crippen LogP contribution in [0.15, 0.2) is 67.5 Å². The average Bonchev–Trinajstić information content (AvgIpc) is 3.61. The van der Waals surface area contributed by atoms with E-state index in [1.165, 1.54) is 35.5 Å². The van der Waals surface area contributed by atoms with Gasteiger partial charge in [0.15, 0.2) is 0 Å². The number of hydrogen-bond acceptors (Lipinski definition) is 8. The quantitative estimate of drug-likeness (QED) is 0.255. The number of nitro benzene ring substituents is 1. The van der Waals surface area contributed by atoms with Gasteiger partial charge in [-0.2, -0.15) is 10.2 Å². The van der Waals surface area contributed by atoms with E-state index in [1.807, 2.05) is 6.20 Å². The van der Waals surface area contributed by atoms with Gasteiger partial charge in [0.2, 0.25) is 0 Å². The first-order valence-corrected chi connectivity index (χ1v) is 12.5. The van der Waals surface area contributed by atoms with Crippen molar-refractivity contribution in [2.24, 2.45) is 0 Å². The number of non-ortho nitro benzene ring substituents is 1. The highest BCUT2D eigenvalue weighted by atomic mass is 19.1. The zero-order valence-electron chi connectivity index (χ0n) is 21.3. The minimum absolute atomic E-state index is 0.0636. The van der Waals surface area contributed by atoms with E-state index in [1.54, 1.807) is 29.9 Å². The van der Waals surface area contributed by atoms with Crippen LogP contribution in [-0.2, 0) is 18.7 Å². The maximum absolute atomic E-state index is 14.9. The van der Waals surface area contributed by atoms with Gasteiger partial charge in [-0.15, -0.1) is 0 Å². The molecule has 2 aromatic carbocycles. The lowest BCUT2D eigenvalue weighted by molar-refractivity contribution is -0.384. The highest BCUT2D eigenvalue weighted by Crippen LogP contribution is 2.36. The number of hydrogen-bond donors (Lipinski definition) is 1. The number of nitro groups is 1. The van der Waals surface area contributed by atoms with E-state index in [0.29, 0.717) is 6.54 Å². The zero-order valence-corrected chi connectivity index (χ0v) is 21.3. The lowest BCUT2D eigenvalue weighted by Crippen LogP contribution is -2.45. The van der Waals surface area contributed by atoms with Crippen LogP contribution in [0, 0.1) is 21.7 Å². The molecule has 1 fully saturated rings. The Labute approximate surface area is 223 Å². The Bertz CT molecular complexity index is 1420. The van der Waals surface area contributed by atoms with Crippen molar-refractivity contribution in [2.45, 2.75) is 31.7 Å². The van der Waals surface area contributed by atoms with Crippen LogP contribution in [0.3, 0.4) is 0 Å². The van der Waals surface area contributed by atoms with Gasteiger partial charge in [-0.1, -0.05) is 6.07 Å². The molecular weight excluding hydrogens is 510 g/mol. The van der Waals surface area contributed by atoms with Crippen LogP contribution in [0.1, 0.15) is 24.1 Å². The van der Waals surface area contributed by atoms with Crippen LogP contribution in [0.25, 0.3) is 0 Å². The number of anilines is 1. The molecule has 39 heavy (non-hydrogen) atoms. The maximum atomic E-state index is 14.9. The summed E-state index contributed by atoms with van der Waals surface area (Å²) < 4.78 is 31.5. The van der Waals surface area contributed by atoms with Gasteiger partial charge >= 0.3 is 0 Å². The molecule has 3 heterocycles. The third-order valence-electron chi connectivity index (χ3n) is 7.21. The Hall–Kier alpha value is -4.23. The van der Waals surface area contributed by atoms with Crippen molar-refractivity contribution in [3.05, 3.63) is 100 Å². The summed E-state index contributed by atoms with van der Waals surface area (Å²) in [4.78, 5) is 18.9. The third-order valence-corrected chi connectivity index (χ3v) is 7.21. The number of rotatable bonds is 9. The first kappa shape index (κ1) is 26.4. The summed E-state index contributed by atoms with van der Waals surface area (Å²) in [5.74, 6) is -1.59. The number of piperazine rings is 1. The molecule has 5 rings (SSSR count). The van der Waals surface area contributed by atoms with Crippen LogP contribution in [0.2, 0.25) is 0 Å². The lowest BCUT2D eigenvalue weighted by Gasteiger charge is -2.36. The molecule has 11 nitrogen and oxygen atoms in total. The second kappa shape index (κ2) is 10.9. The topological polar surface area (TPSA) is 118 Å². The zero-order chi connectivity index (χ0) is 27.6. The molecule has 1 saturated heterocycles. The minimum atomic E-state index is -1.80. The Morgan fingerprint density at radius 2 is 1.85 bits per heavy atom. The molecule has 2 aromatic heterocycles. The molecule has 0 amide bonds. The minimum Gasteiger partial charge on any atom is -0.381 e. The maximum Gasteiger partial charge on any atom is 0.269 e. The second-order valence-corrected chi connectivity index (χ2v) is 9.68. The van der Waals surface area contributed by atoms with E-state index >= 15 is 0 Å². The number of benzene rings is 2. The van der Waals surface area contributed by atoms with E-state index < -0.39 is 28.2 Å². The van der Waals surface area contributed by atoms with Crippen molar-refractivity contribution < 1.29 is 18.8 Å². The highest BCUT2D eigenvalue weighted by molar-refractivity contribution is 5.51. The molecular formula is C26H28F2N8O3. The standard InChI is InChI=1S/C26H28F2N8O3/c1-19(26(37,16-34-18-29-17-31-34)24-7-2-21(27)12-25(24)28)35-15-20(13-30-35)14-32-8-10-33(11-9-32)22-3-5-23(6-4-22)36(38)39/h2-7,12-13,15,17-19,37H,8-11,14,16H2,1H3/t19-,26-/m1/s1. The summed E-state index contributed by atoms with van der Waals surface area (Å²) >= 11 is 0. The summed E-state index contributed by atoms with van der Waals surface area (Å²) in [7, 11) is 0. The van der Waals surface area contributed by atoms with Gasteiger partial charge in [0.05, 0.1) is 23.7 Å². The molecule has 13 heteroatoms. The van der Waals surface area contributed by atoms with Crippen LogP contribution in [0.5, 0.6) is 0 Å². The molecule has 0 radical (unpaired) electrons. The normalized spacial score (nSPS) is 16.7. The lowest BCUT2D eigenvalue weighted by atomic mass is 9.86. The van der Waals surface area contributed by atoms with Crippen LogP contribution in [0.4, 0.5) is 20.2 Å². The summed E-state index contributed by atoms with van der Waals surface area (Å²) in [5, 5.41) is 31.2. The van der Waals surface area contributed by atoms with Gasteiger partial charge in [-0.25, -0.2) is 18.4 Å². The summed E-state index contributed by atoms with van der Waals surface area (Å²) in [6.07, 6.45) is 6.28. The predicted octanol–water partition coefficient (Wildman–Crippen LogP) is 3.13. The van der Waals surface area contributed by atoms with Crippen molar-refractivity contribution in [2.75, 3.05) is 31.1 Å². The fourth-order valence-corrected chi connectivity index (χ4v) is 4.94. The molecule has 1 N–H and O–H groups in total. The smallest absolute Gasteiger partial charge is 0.269 e. The molecule has 0 bridgehead atoms. The first-order valence-electron chi connectivity index (χ1n) is 12.5. The Morgan fingerprint density at radius 1 is 1.10 bits per heavy atom. The van der Waals surface area contributed by atoms with Gasteiger partial charge in [0.25, 0.3) is 5.69 Å². The van der Waals surface area contributed by atoms with E-state index in [2.05, 4.69) is 25.0 Å². The highest BCUT2D eigenvalue weighted by Gasteiger charge is 2.41. The van der Waals surface area contributed by atoms with Crippen molar-refractivity contribution in [1.29, 1.82) is 0 Å². The summed E-state index contributed by atoms with van der Waals surface area (Å²) in [6, 6.07) is 8.94. The van der Waals surface area contributed by atoms with Crippen molar-refractivity contribution in [3.63, 3.8) is 0 Å². The van der Waals surface area contributed by atoms with Gasteiger partial charge in [0.1, 0.15) is 29.9 Å². The third kappa shape index (κ3) is 5.64. The molecule has 204 valence electrons. The number of aromatic nitrogens is 5. The summed E-state index contributed by atoms with van der Waals surface area (Å²) in [6.45, 7) is 5.35. The van der Waals surface area contributed by atoms with Crippen molar-refractivity contribution in [3.8, 4) is 0 Å². The largest absolute Gasteiger partial charge is 0.381 e. The molecule has 4 aromatic rings. The first-order chi connectivity index (χ1) is 18.7. The Balaban J connectivity index is 1.27. The molecule has 0 unspecified atom stereocenters. The monoisotopic (exact) mass is 538 g/mol. The molecule has 0 spiro atoms. The second-order valence-electron chi connectivity index (χ2n) is 9.68. The molecule has 0 saturated carbocycles. The molecule has 1 aliphatic heterocycles. The number of nitrogens with zero attached hydrogens (tertiary/aromatic N) is 8. The van der Waals surface area contributed by atoms with Gasteiger partial charge in [-0.3, -0.25) is 19.7 Å². The van der Waals surface area contributed by atoms with E-state index in [9.17, 15) is 24.0 Å². The molecule has 0 aliphatic carbocycles. The number of halogens is 2. The Kier molecular flexibility index (Phi) is 7.35.